The maximum Gasteiger partial charge on any atom is 0.308 e. The minimum atomic E-state index is -1.02. The van der Waals surface area contributed by atoms with Crippen molar-refractivity contribution in [3.63, 3.8) is 0 Å². The van der Waals surface area contributed by atoms with Crippen LogP contribution in [0.25, 0.3) is 0 Å². The summed E-state index contributed by atoms with van der Waals surface area (Å²) in [6.07, 6.45) is 0.874. The lowest BCUT2D eigenvalue weighted by molar-refractivity contribution is -0.384. The molecule has 1 rings (SSSR count). The molecule has 0 heterocycles. The van der Waals surface area contributed by atoms with Crippen molar-refractivity contribution in [2.24, 2.45) is 5.92 Å². The fraction of sp³-hybridized carbons (Fsp3) is 0.467. The Morgan fingerprint density at radius 3 is 2.55 bits per heavy atom. The van der Waals surface area contributed by atoms with Crippen LogP contribution in [-0.4, -0.2) is 28.5 Å². The van der Waals surface area contributed by atoms with Crippen molar-refractivity contribution in [3.8, 4) is 0 Å². The van der Waals surface area contributed by atoms with Gasteiger partial charge in [0.2, 0.25) is 5.91 Å². The Morgan fingerprint density at radius 1 is 1.41 bits per heavy atom. The summed E-state index contributed by atoms with van der Waals surface area (Å²) < 4.78 is 0. The zero-order chi connectivity index (χ0) is 16.9. The second kappa shape index (κ2) is 7.53. The molecule has 0 saturated carbocycles. The first-order valence-electron chi connectivity index (χ1n) is 7.06. The van der Waals surface area contributed by atoms with E-state index in [1.165, 1.54) is 24.0 Å². The minimum absolute atomic E-state index is 0.0177. The Hall–Kier alpha value is -2.44. The molecule has 7 heteroatoms. The molecular formula is C15H20N2O5. The molecule has 0 spiro atoms. The van der Waals surface area contributed by atoms with Crippen LogP contribution >= 0.6 is 0 Å². The Kier molecular flexibility index (Phi) is 6.03. The van der Waals surface area contributed by atoms with Gasteiger partial charge in [-0.25, -0.2) is 0 Å². The number of anilines is 1. The number of non-ortho nitro benzene ring substituents is 1. The van der Waals surface area contributed by atoms with Gasteiger partial charge in [-0.15, -0.1) is 0 Å². The highest BCUT2D eigenvalue weighted by molar-refractivity contribution is 5.95. The number of benzene rings is 1. The number of amides is 1. The van der Waals surface area contributed by atoms with E-state index in [2.05, 4.69) is 0 Å². The zero-order valence-corrected chi connectivity index (χ0v) is 12.9. The number of carboxylic acids is 1. The molecule has 0 aliphatic rings. The van der Waals surface area contributed by atoms with Gasteiger partial charge in [-0.2, -0.15) is 0 Å². The van der Waals surface area contributed by atoms with Gasteiger partial charge in [0.25, 0.3) is 5.69 Å². The first-order valence-corrected chi connectivity index (χ1v) is 7.06. The summed E-state index contributed by atoms with van der Waals surface area (Å²) >= 11 is 0. The van der Waals surface area contributed by atoms with Crippen molar-refractivity contribution >= 4 is 23.3 Å². The van der Waals surface area contributed by atoms with Crippen LogP contribution in [0, 0.1) is 23.0 Å². The molecule has 22 heavy (non-hydrogen) atoms. The predicted molar refractivity (Wildman–Crippen MR) is 81.9 cm³/mol. The molecule has 0 aliphatic carbocycles. The summed E-state index contributed by atoms with van der Waals surface area (Å²) in [7, 11) is 0. The summed E-state index contributed by atoms with van der Waals surface area (Å²) in [5, 5.41) is 20.0. The Balaban J connectivity index is 3.25. The van der Waals surface area contributed by atoms with Crippen LogP contribution in [0.4, 0.5) is 11.4 Å². The maximum atomic E-state index is 12.3. The molecule has 1 aromatic carbocycles. The summed E-state index contributed by atoms with van der Waals surface area (Å²) in [5.41, 5.74) is 0.950. The SMILES string of the molecule is CCCC(=O)N(CC(C)C(=O)O)c1cc([N+](=O)[O-])ccc1C. The number of aliphatic carboxylic acids is 1. The maximum absolute atomic E-state index is 12.3. The summed E-state index contributed by atoms with van der Waals surface area (Å²) in [6.45, 7) is 5.06. The van der Waals surface area contributed by atoms with Gasteiger partial charge in [0.1, 0.15) is 0 Å². The van der Waals surface area contributed by atoms with E-state index in [4.69, 9.17) is 5.11 Å². The van der Waals surface area contributed by atoms with Gasteiger partial charge >= 0.3 is 5.97 Å². The smallest absolute Gasteiger partial charge is 0.308 e. The normalized spacial score (nSPS) is 11.8. The third kappa shape index (κ3) is 4.28. The van der Waals surface area contributed by atoms with Crippen molar-refractivity contribution in [1.82, 2.24) is 0 Å². The molecule has 1 unspecified atom stereocenters. The molecular weight excluding hydrogens is 288 g/mol. The number of carboxylic acid groups (broad SMARTS) is 1. The topological polar surface area (TPSA) is 101 Å². The third-order valence-electron chi connectivity index (χ3n) is 3.34. The first kappa shape index (κ1) is 17.6. The van der Waals surface area contributed by atoms with E-state index in [0.29, 0.717) is 17.7 Å². The van der Waals surface area contributed by atoms with Gasteiger partial charge < -0.3 is 10.0 Å². The first-order chi connectivity index (χ1) is 10.3. The van der Waals surface area contributed by atoms with Crippen molar-refractivity contribution in [1.29, 1.82) is 0 Å². The van der Waals surface area contributed by atoms with Gasteiger partial charge in [0, 0.05) is 25.1 Å². The second-order valence-electron chi connectivity index (χ2n) is 5.22. The lowest BCUT2D eigenvalue weighted by Gasteiger charge is -2.26. The molecule has 0 aliphatic heterocycles. The van der Waals surface area contributed by atoms with E-state index in [-0.39, 0.29) is 24.6 Å². The molecule has 7 nitrogen and oxygen atoms in total. The number of nitrogens with zero attached hydrogens (tertiary/aromatic N) is 2. The van der Waals surface area contributed by atoms with Crippen LogP contribution in [0.5, 0.6) is 0 Å². The van der Waals surface area contributed by atoms with E-state index in [1.807, 2.05) is 6.92 Å². The fourth-order valence-electron chi connectivity index (χ4n) is 2.04. The second-order valence-corrected chi connectivity index (χ2v) is 5.22. The lowest BCUT2D eigenvalue weighted by atomic mass is 10.1. The molecule has 0 bridgehead atoms. The molecule has 0 saturated heterocycles. The average molecular weight is 308 g/mol. The number of carbonyl (C=O) groups excluding carboxylic acids is 1. The number of nitro benzene ring substituents is 1. The van der Waals surface area contributed by atoms with Gasteiger partial charge in [-0.1, -0.05) is 19.9 Å². The number of carbonyl (C=O) groups is 2. The number of hydrogen-bond acceptors (Lipinski definition) is 4. The largest absolute Gasteiger partial charge is 0.481 e. The lowest BCUT2D eigenvalue weighted by Crippen LogP contribution is -2.37. The van der Waals surface area contributed by atoms with Crippen LogP contribution in [0.1, 0.15) is 32.3 Å². The Bertz CT molecular complexity index is 585. The molecule has 1 amide bonds. The van der Waals surface area contributed by atoms with Crippen LogP contribution in [0.2, 0.25) is 0 Å². The van der Waals surface area contributed by atoms with Gasteiger partial charge in [0.15, 0.2) is 0 Å². The fourth-order valence-corrected chi connectivity index (χ4v) is 2.04. The van der Waals surface area contributed by atoms with E-state index in [1.54, 1.807) is 13.0 Å². The summed E-state index contributed by atoms with van der Waals surface area (Å²) in [6, 6.07) is 4.24. The Morgan fingerprint density at radius 2 is 2.05 bits per heavy atom. The predicted octanol–water partition coefficient (Wildman–Crippen LogP) is 2.76. The monoisotopic (exact) mass is 308 g/mol. The molecule has 0 radical (unpaired) electrons. The number of hydrogen-bond donors (Lipinski definition) is 1. The third-order valence-corrected chi connectivity index (χ3v) is 3.34. The molecule has 1 N–H and O–H groups in total. The van der Waals surface area contributed by atoms with Crippen LogP contribution in [-0.2, 0) is 9.59 Å². The number of nitro groups is 1. The van der Waals surface area contributed by atoms with Crippen LogP contribution in [0.3, 0.4) is 0 Å². The van der Waals surface area contributed by atoms with E-state index in [0.717, 1.165) is 0 Å². The highest BCUT2D eigenvalue weighted by atomic mass is 16.6. The van der Waals surface area contributed by atoms with Gasteiger partial charge in [-0.05, 0) is 18.9 Å². The van der Waals surface area contributed by atoms with Crippen LogP contribution in [0.15, 0.2) is 18.2 Å². The molecule has 0 aromatic heterocycles. The van der Waals surface area contributed by atoms with Crippen LogP contribution < -0.4 is 4.90 Å². The molecule has 1 atom stereocenters. The van der Waals surface area contributed by atoms with Crippen molar-refractivity contribution < 1.29 is 19.6 Å². The highest BCUT2D eigenvalue weighted by Gasteiger charge is 2.24. The van der Waals surface area contributed by atoms with E-state index in [9.17, 15) is 19.7 Å². The van der Waals surface area contributed by atoms with Crippen molar-refractivity contribution in [2.75, 3.05) is 11.4 Å². The molecule has 1 aromatic rings. The van der Waals surface area contributed by atoms with Gasteiger partial charge in [0.05, 0.1) is 16.5 Å². The number of aryl methyl sites for hydroxylation is 1. The van der Waals surface area contributed by atoms with Crippen molar-refractivity contribution in [3.05, 3.63) is 33.9 Å². The van der Waals surface area contributed by atoms with E-state index < -0.39 is 16.8 Å². The van der Waals surface area contributed by atoms with Gasteiger partial charge in [-0.3, -0.25) is 19.7 Å². The average Bonchev–Trinajstić information content (AvgIpc) is 2.45. The zero-order valence-electron chi connectivity index (χ0n) is 12.9. The number of rotatable bonds is 7. The molecule has 120 valence electrons. The van der Waals surface area contributed by atoms with E-state index >= 15 is 0 Å². The van der Waals surface area contributed by atoms with Crippen molar-refractivity contribution in [2.45, 2.75) is 33.6 Å². The highest BCUT2D eigenvalue weighted by Crippen LogP contribution is 2.27. The standard InChI is InChI=1S/C15H20N2O5/c1-4-5-14(18)16(9-11(3)15(19)20)13-8-12(17(21)22)7-6-10(13)2/h6-8,11H,4-5,9H2,1-3H3,(H,19,20). The minimum Gasteiger partial charge on any atom is -0.481 e. The summed E-state index contributed by atoms with van der Waals surface area (Å²) in [4.78, 5) is 35.1. The molecule has 0 fully saturated rings. The quantitative estimate of drug-likeness (QED) is 0.616. The summed E-state index contributed by atoms with van der Waals surface area (Å²) in [5.74, 6) is -2.02. The Labute approximate surface area is 128 Å².